The summed E-state index contributed by atoms with van der Waals surface area (Å²) in [4.78, 5) is 42.2. The zero-order chi connectivity index (χ0) is 28.6. The SMILES string of the molecule is [2H]C([2H])([2H])C(NC(=O)c1nnc(C)o1)(c1nc(C(=O)NCc2ccc(F)cc2)c(O)c(=O)n1C)C([2H])([2H])[2H]. The minimum atomic E-state index is -3.61. The van der Waals surface area contributed by atoms with Gasteiger partial charge in [0.25, 0.3) is 11.5 Å². The summed E-state index contributed by atoms with van der Waals surface area (Å²) in [6, 6.07) is 4.95. The molecule has 0 aliphatic heterocycles. The van der Waals surface area contributed by atoms with Crippen LogP contribution >= 0.6 is 0 Å². The van der Waals surface area contributed by atoms with Gasteiger partial charge in [-0.05, 0) is 31.4 Å². The molecule has 168 valence electrons. The molecule has 0 radical (unpaired) electrons. The van der Waals surface area contributed by atoms with E-state index in [0.717, 1.165) is 19.2 Å². The number of nitrogens with one attached hydrogen (secondary N) is 2. The van der Waals surface area contributed by atoms with Gasteiger partial charge in [-0.25, -0.2) is 9.37 Å². The Labute approximate surface area is 189 Å². The van der Waals surface area contributed by atoms with Crippen molar-refractivity contribution in [2.75, 3.05) is 0 Å². The van der Waals surface area contributed by atoms with Crippen LogP contribution in [-0.2, 0) is 19.1 Å². The number of rotatable bonds is 6. The molecule has 0 atom stereocenters. The molecule has 2 amide bonds. The highest BCUT2D eigenvalue weighted by Gasteiger charge is 2.32. The van der Waals surface area contributed by atoms with Crippen LogP contribution in [0, 0.1) is 12.7 Å². The first-order valence-corrected chi connectivity index (χ1v) is 8.95. The minimum Gasteiger partial charge on any atom is -0.501 e. The van der Waals surface area contributed by atoms with Gasteiger partial charge in [-0.2, -0.15) is 0 Å². The summed E-state index contributed by atoms with van der Waals surface area (Å²) in [5.41, 5.74) is -5.36. The van der Waals surface area contributed by atoms with Gasteiger partial charge in [-0.15, -0.1) is 10.2 Å². The summed E-state index contributed by atoms with van der Waals surface area (Å²) in [7, 11) is 0.903. The molecule has 0 fully saturated rings. The Hall–Kier alpha value is -4.09. The molecule has 32 heavy (non-hydrogen) atoms. The summed E-state index contributed by atoms with van der Waals surface area (Å²) in [6.07, 6.45) is 0. The van der Waals surface area contributed by atoms with Crippen molar-refractivity contribution in [1.29, 1.82) is 0 Å². The summed E-state index contributed by atoms with van der Waals surface area (Å²) < 4.78 is 66.7. The zero-order valence-electron chi connectivity index (χ0n) is 22.8. The van der Waals surface area contributed by atoms with E-state index < -0.39 is 65.6 Å². The maximum absolute atomic E-state index is 13.1. The average molecular weight is 450 g/mol. The molecule has 3 aromatic rings. The fourth-order valence-electron chi connectivity index (χ4n) is 2.62. The Balaban J connectivity index is 2.17. The molecule has 0 aliphatic carbocycles. The summed E-state index contributed by atoms with van der Waals surface area (Å²) in [6.45, 7) is -6.12. The normalized spacial score (nSPS) is 14.8. The molecule has 0 saturated heterocycles. The van der Waals surface area contributed by atoms with Gasteiger partial charge in [0.2, 0.25) is 11.6 Å². The standard InChI is InChI=1S/C20H21FN6O5/c1-10-25-26-17(32-10)16(30)24-20(2,3)19-23-13(14(28)18(31)27(19)4)15(29)22-9-11-5-7-12(21)8-6-11/h5-8,28H,9H2,1-4H3,(H,22,29)(H,24,30)/i2D3,3D3. The molecule has 0 unspecified atom stereocenters. The van der Waals surface area contributed by atoms with Gasteiger partial charge < -0.3 is 20.2 Å². The van der Waals surface area contributed by atoms with E-state index >= 15 is 0 Å². The van der Waals surface area contributed by atoms with Crippen LogP contribution in [0.5, 0.6) is 5.75 Å². The highest BCUT2D eigenvalue weighted by atomic mass is 19.1. The predicted molar refractivity (Wildman–Crippen MR) is 108 cm³/mol. The summed E-state index contributed by atoms with van der Waals surface area (Å²) in [5.74, 6) is -6.29. The summed E-state index contributed by atoms with van der Waals surface area (Å²) >= 11 is 0. The van der Waals surface area contributed by atoms with Gasteiger partial charge in [0.15, 0.2) is 5.69 Å². The van der Waals surface area contributed by atoms with Crippen LogP contribution in [0.3, 0.4) is 0 Å². The lowest BCUT2D eigenvalue weighted by atomic mass is 10.0. The molecule has 0 aliphatic rings. The van der Waals surface area contributed by atoms with E-state index in [0.29, 0.717) is 10.1 Å². The first-order valence-electron chi connectivity index (χ1n) is 12.0. The molecular formula is C20H21FN6O5. The Morgan fingerprint density at radius 3 is 2.53 bits per heavy atom. The van der Waals surface area contributed by atoms with E-state index in [2.05, 4.69) is 20.5 Å². The van der Waals surface area contributed by atoms with Gasteiger partial charge in [-0.3, -0.25) is 19.0 Å². The van der Waals surface area contributed by atoms with Crippen molar-refractivity contribution in [2.24, 2.45) is 7.05 Å². The Kier molecular flexibility index (Phi) is 4.20. The van der Waals surface area contributed by atoms with Crippen molar-refractivity contribution in [3.63, 3.8) is 0 Å². The molecule has 0 spiro atoms. The Bertz CT molecular complexity index is 1420. The molecule has 3 N–H and O–H groups in total. The topological polar surface area (TPSA) is 152 Å². The molecule has 0 saturated carbocycles. The van der Waals surface area contributed by atoms with Gasteiger partial charge in [0, 0.05) is 28.7 Å². The number of nitrogens with zero attached hydrogens (tertiary/aromatic N) is 4. The predicted octanol–water partition coefficient (Wildman–Crippen LogP) is 0.912. The lowest BCUT2D eigenvalue weighted by Gasteiger charge is -2.27. The van der Waals surface area contributed by atoms with Crippen LogP contribution < -0.4 is 16.2 Å². The average Bonchev–Trinajstić information content (AvgIpc) is 3.25. The molecule has 3 rings (SSSR count). The third kappa shape index (κ3) is 4.63. The highest BCUT2D eigenvalue weighted by molar-refractivity contribution is 5.94. The van der Waals surface area contributed by atoms with Crippen molar-refractivity contribution in [3.8, 4) is 5.75 Å². The maximum Gasteiger partial charge on any atom is 0.309 e. The third-order valence-corrected chi connectivity index (χ3v) is 4.21. The summed E-state index contributed by atoms with van der Waals surface area (Å²) in [5, 5.41) is 21.4. The Morgan fingerprint density at radius 1 is 1.25 bits per heavy atom. The number of hydrogen-bond donors (Lipinski definition) is 3. The number of aromatic hydroxyl groups is 1. The monoisotopic (exact) mass is 450 g/mol. The van der Waals surface area contributed by atoms with E-state index in [9.17, 15) is 23.9 Å². The number of amides is 2. The van der Waals surface area contributed by atoms with Crippen LogP contribution in [-0.4, -0.2) is 36.7 Å². The lowest BCUT2D eigenvalue weighted by Crippen LogP contribution is -2.46. The minimum absolute atomic E-state index is 0.0845. The van der Waals surface area contributed by atoms with Crippen LogP contribution in [0.1, 0.15) is 60.4 Å². The number of aromatic nitrogens is 4. The van der Waals surface area contributed by atoms with E-state index in [1.165, 1.54) is 19.1 Å². The second-order valence-electron chi connectivity index (χ2n) is 6.64. The number of carbonyl (C=O) groups is 2. The van der Waals surface area contributed by atoms with Crippen molar-refractivity contribution >= 4 is 11.8 Å². The molecule has 2 aromatic heterocycles. The number of hydrogen-bond acceptors (Lipinski definition) is 8. The number of benzene rings is 1. The maximum atomic E-state index is 13.1. The highest BCUT2D eigenvalue weighted by Crippen LogP contribution is 2.20. The van der Waals surface area contributed by atoms with Gasteiger partial charge in [0.1, 0.15) is 11.6 Å². The second-order valence-corrected chi connectivity index (χ2v) is 6.64. The third-order valence-electron chi connectivity index (χ3n) is 4.21. The van der Waals surface area contributed by atoms with E-state index in [-0.39, 0.29) is 12.4 Å². The van der Waals surface area contributed by atoms with Crippen LogP contribution in [0.4, 0.5) is 4.39 Å². The lowest BCUT2D eigenvalue weighted by molar-refractivity contribution is 0.0869. The fraction of sp³-hybridized carbons (Fsp3) is 0.300. The number of carbonyl (C=O) groups excluding carboxylic acids is 2. The Morgan fingerprint density at radius 2 is 1.94 bits per heavy atom. The quantitative estimate of drug-likeness (QED) is 0.501. The molecule has 11 nitrogen and oxygen atoms in total. The fourth-order valence-corrected chi connectivity index (χ4v) is 2.62. The molecule has 12 heteroatoms. The van der Waals surface area contributed by atoms with E-state index in [4.69, 9.17) is 12.6 Å². The van der Waals surface area contributed by atoms with Crippen molar-refractivity contribution < 1.29 is 31.7 Å². The molecule has 2 heterocycles. The van der Waals surface area contributed by atoms with Crippen molar-refractivity contribution in [3.05, 3.63) is 69.3 Å². The number of aryl methyl sites for hydroxylation is 1. The zero-order valence-corrected chi connectivity index (χ0v) is 16.8. The van der Waals surface area contributed by atoms with Crippen LogP contribution in [0.15, 0.2) is 33.5 Å². The van der Waals surface area contributed by atoms with Gasteiger partial charge >= 0.3 is 11.8 Å². The van der Waals surface area contributed by atoms with Crippen LogP contribution in [0.25, 0.3) is 0 Å². The number of halogens is 1. The molecular weight excluding hydrogens is 423 g/mol. The van der Waals surface area contributed by atoms with Gasteiger partial charge in [-0.1, -0.05) is 12.1 Å². The first-order chi connectivity index (χ1) is 17.5. The first kappa shape index (κ1) is 15.7. The largest absolute Gasteiger partial charge is 0.501 e. The molecule has 1 aromatic carbocycles. The second kappa shape index (κ2) is 8.57. The van der Waals surface area contributed by atoms with Crippen molar-refractivity contribution in [1.82, 2.24) is 30.4 Å². The van der Waals surface area contributed by atoms with Crippen LogP contribution in [0.2, 0.25) is 0 Å². The van der Waals surface area contributed by atoms with Gasteiger partial charge in [0.05, 0.1) is 5.54 Å². The van der Waals surface area contributed by atoms with Crippen molar-refractivity contribution in [2.45, 2.75) is 32.7 Å². The van der Waals surface area contributed by atoms with E-state index in [1.54, 1.807) is 0 Å². The molecule has 0 bridgehead atoms. The van der Waals surface area contributed by atoms with E-state index in [1.807, 2.05) is 5.32 Å². The smallest absolute Gasteiger partial charge is 0.309 e.